The highest BCUT2D eigenvalue weighted by Crippen LogP contribution is 2.37. The first kappa shape index (κ1) is 23.5. The number of urea groups is 1. The first-order chi connectivity index (χ1) is 16.5. The smallest absolute Gasteiger partial charge is 0.322 e. The van der Waals surface area contributed by atoms with Crippen LogP contribution in [0.3, 0.4) is 0 Å². The second kappa shape index (κ2) is 10.5. The maximum atomic E-state index is 13.8. The van der Waals surface area contributed by atoms with E-state index in [1.54, 1.807) is 16.9 Å². The molecule has 178 valence electrons. The molecule has 8 heteroatoms. The largest absolute Gasteiger partial charge is 0.383 e. The van der Waals surface area contributed by atoms with Crippen LogP contribution in [0, 0.1) is 0 Å². The second-order valence-electron chi connectivity index (χ2n) is 8.32. The topological polar surface area (TPSA) is 91.0 Å². The molecule has 2 N–H and O–H groups in total. The molecule has 2 aromatic rings. The van der Waals surface area contributed by atoms with Gasteiger partial charge in [-0.2, -0.15) is 0 Å². The quantitative estimate of drug-likeness (QED) is 0.560. The average Bonchev–Trinajstić information content (AvgIpc) is 3.20. The van der Waals surface area contributed by atoms with Crippen LogP contribution in [-0.4, -0.2) is 67.0 Å². The average molecular weight is 463 g/mol. The summed E-state index contributed by atoms with van der Waals surface area (Å²) in [6.45, 7) is 3.23. The number of methoxy groups -OCH3 is 1. The standard InChI is InChI=1S/C26H30N4O4/c1-3-29-21-17-30(20(24(31)27-14-15-34-2)16-18-10-6-4-7-11-18)25(32)22(21)23(28-26(29)33)19-12-8-5-9-13-19/h4-13,20,23H,3,14-17H2,1-2H3,(H,27,31)(H,28,33). The SMILES string of the molecule is CCN1C(=O)NC(c2ccccc2)C2=C1CN(C(Cc1ccccc1)C(=O)NCCOC)C2=O. The van der Waals surface area contributed by atoms with Crippen molar-refractivity contribution in [2.75, 3.05) is 33.4 Å². The van der Waals surface area contributed by atoms with E-state index in [1.807, 2.05) is 67.6 Å². The molecule has 0 aromatic heterocycles. The first-order valence-electron chi connectivity index (χ1n) is 11.5. The van der Waals surface area contributed by atoms with E-state index in [0.717, 1.165) is 11.1 Å². The summed E-state index contributed by atoms with van der Waals surface area (Å²) in [5.74, 6) is -0.474. The van der Waals surface area contributed by atoms with Crippen molar-refractivity contribution in [3.8, 4) is 0 Å². The molecule has 34 heavy (non-hydrogen) atoms. The van der Waals surface area contributed by atoms with E-state index in [4.69, 9.17) is 4.74 Å². The Bertz CT molecular complexity index is 1070. The number of nitrogens with one attached hydrogen (secondary N) is 2. The molecule has 2 aliphatic heterocycles. The Kier molecular flexibility index (Phi) is 7.27. The van der Waals surface area contributed by atoms with E-state index in [1.165, 1.54) is 0 Å². The third-order valence-electron chi connectivity index (χ3n) is 6.26. The van der Waals surface area contributed by atoms with Crippen LogP contribution in [0.5, 0.6) is 0 Å². The zero-order valence-electron chi connectivity index (χ0n) is 19.5. The van der Waals surface area contributed by atoms with E-state index < -0.39 is 12.1 Å². The van der Waals surface area contributed by atoms with E-state index in [0.29, 0.717) is 37.4 Å². The maximum Gasteiger partial charge on any atom is 0.322 e. The summed E-state index contributed by atoms with van der Waals surface area (Å²) in [4.78, 5) is 43.2. The Morgan fingerprint density at radius 3 is 2.44 bits per heavy atom. The molecule has 4 amide bonds. The van der Waals surface area contributed by atoms with E-state index in [2.05, 4.69) is 10.6 Å². The number of rotatable bonds is 9. The Morgan fingerprint density at radius 2 is 1.79 bits per heavy atom. The number of carbonyl (C=O) groups excluding carboxylic acids is 3. The number of benzene rings is 2. The third kappa shape index (κ3) is 4.68. The lowest BCUT2D eigenvalue weighted by atomic mass is 9.95. The van der Waals surface area contributed by atoms with Crippen LogP contribution in [-0.2, 0) is 20.7 Å². The number of carbonyl (C=O) groups is 3. The molecule has 0 saturated heterocycles. The molecule has 2 aromatic carbocycles. The molecule has 2 aliphatic rings. The molecule has 0 fully saturated rings. The highest BCUT2D eigenvalue weighted by Gasteiger charge is 2.46. The molecule has 8 nitrogen and oxygen atoms in total. The molecule has 0 radical (unpaired) electrons. The minimum absolute atomic E-state index is 0.202. The van der Waals surface area contributed by atoms with Crippen molar-refractivity contribution < 1.29 is 19.1 Å². The van der Waals surface area contributed by atoms with E-state index >= 15 is 0 Å². The molecule has 4 rings (SSSR count). The maximum absolute atomic E-state index is 13.8. The molecule has 2 unspecified atom stereocenters. The summed E-state index contributed by atoms with van der Waals surface area (Å²) in [6, 6.07) is 17.6. The fourth-order valence-electron chi connectivity index (χ4n) is 4.57. The van der Waals surface area contributed by atoms with Gasteiger partial charge in [0.15, 0.2) is 0 Å². The fourth-order valence-corrected chi connectivity index (χ4v) is 4.57. The van der Waals surface area contributed by atoms with Crippen molar-refractivity contribution in [1.29, 1.82) is 0 Å². The van der Waals surface area contributed by atoms with Gasteiger partial charge in [-0.25, -0.2) is 4.79 Å². The van der Waals surface area contributed by atoms with Gasteiger partial charge in [0.1, 0.15) is 6.04 Å². The van der Waals surface area contributed by atoms with Gasteiger partial charge in [0.2, 0.25) is 5.91 Å². The molecular weight excluding hydrogens is 432 g/mol. The Labute approximate surface area is 199 Å². The second-order valence-corrected chi connectivity index (χ2v) is 8.32. The monoisotopic (exact) mass is 462 g/mol. The van der Waals surface area contributed by atoms with Crippen LogP contribution in [0.25, 0.3) is 0 Å². The predicted molar refractivity (Wildman–Crippen MR) is 128 cm³/mol. The van der Waals surface area contributed by atoms with E-state index in [-0.39, 0.29) is 24.4 Å². The summed E-state index contributed by atoms with van der Waals surface area (Å²) in [5, 5.41) is 5.87. The zero-order valence-corrected chi connectivity index (χ0v) is 19.5. The first-order valence-corrected chi connectivity index (χ1v) is 11.5. The van der Waals surface area contributed by atoms with Crippen LogP contribution >= 0.6 is 0 Å². The van der Waals surface area contributed by atoms with Gasteiger partial charge in [0, 0.05) is 26.6 Å². The molecule has 0 saturated carbocycles. The minimum atomic E-state index is -0.720. The Morgan fingerprint density at radius 1 is 1.12 bits per heavy atom. The van der Waals surface area contributed by atoms with Gasteiger partial charge in [-0.1, -0.05) is 60.7 Å². The fraction of sp³-hybridized carbons (Fsp3) is 0.346. The van der Waals surface area contributed by atoms with Crippen molar-refractivity contribution in [1.82, 2.24) is 20.4 Å². The van der Waals surface area contributed by atoms with Gasteiger partial charge in [0.05, 0.1) is 30.5 Å². The summed E-state index contributed by atoms with van der Waals surface area (Å²) >= 11 is 0. The Hall–Kier alpha value is -3.65. The number of amides is 4. The van der Waals surface area contributed by atoms with Crippen LogP contribution < -0.4 is 10.6 Å². The number of ether oxygens (including phenoxy) is 1. The normalized spacial score (nSPS) is 18.6. The van der Waals surface area contributed by atoms with Crippen molar-refractivity contribution >= 4 is 17.8 Å². The summed E-state index contributed by atoms with van der Waals surface area (Å²) < 4.78 is 5.06. The predicted octanol–water partition coefficient (Wildman–Crippen LogP) is 2.24. The van der Waals surface area contributed by atoms with Gasteiger partial charge < -0.3 is 20.3 Å². The number of likely N-dealkylation sites (N-methyl/N-ethyl adjacent to an activating group) is 1. The summed E-state index contributed by atoms with van der Waals surface area (Å²) in [6.07, 6.45) is 0.370. The number of hydrogen-bond donors (Lipinski definition) is 2. The van der Waals surface area contributed by atoms with Crippen molar-refractivity contribution in [2.45, 2.75) is 25.4 Å². The molecule has 2 atom stereocenters. The van der Waals surface area contributed by atoms with Gasteiger partial charge in [0.25, 0.3) is 5.91 Å². The van der Waals surface area contributed by atoms with Crippen LogP contribution in [0.4, 0.5) is 4.79 Å². The van der Waals surface area contributed by atoms with Crippen molar-refractivity contribution in [3.05, 3.63) is 83.1 Å². The highest BCUT2D eigenvalue weighted by molar-refractivity contribution is 6.03. The molecule has 2 heterocycles. The third-order valence-corrected chi connectivity index (χ3v) is 6.26. The summed E-state index contributed by atoms with van der Waals surface area (Å²) in [5.41, 5.74) is 2.97. The molecule has 0 bridgehead atoms. The van der Waals surface area contributed by atoms with Gasteiger partial charge >= 0.3 is 6.03 Å². The number of hydrogen-bond acceptors (Lipinski definition) is 4. The lowest BCUT2D eigenvalue weighted by Gasteiger charge is -2.32. The van der Waals surface area contributed by atoms with E-state index in [9.17, 15) is 14.4 Å². The Balaban J connectivity index is 1.68. The van der Waals surface area contributed by atoms with Crippen molar-refractivity contribution in [3.63, 3.8) is 0 Å². The zero-order chi connectivity index (χ0) is 24.1. The van der Waals surface area contributed by atoms with Crippen molar-refractivity contribution in [2.24, 2.45) is 0 Å². The van der Waals surface area contributed by atoms with Gasteiger partial charge in [-0.3, -0.25) is 14.5 Å². The molecule has 0 aliphatic carbocycles. The molecule has 0 spiro atoms. The molecular formula is C26H30N4O4. The van der Waals surface area contributed by atoms with Gasteiger partial charge in [-0.05, 0) is 18.1 Å². The highest BCUT2D eigenvalue weighted by atomic mass is 16.5. The minimum Gasteiger partial charge on any atom is -0.383 e. The van der Waals surface area contributed by atoms with Crippen LogP contribution in [0.1, 0.15) is 24.1 Å². The lowest BCUT2D eigenvalue weighted by Crippen LogP contribution is -2.50. The van der Waals surface area contributed by atoms with Gasteiger partial charge in [-0.15, -0.1) is 0 Å². The number of nitrogens with zero attached hydrogens (tertiary/aromatic N) is 2. The lowest BCUT2D eigenvalue weighted by molar-refractivity contribution is -0.136. The van der Waals surface area contributed by atoms with Crippen LogP contribution in [0.15, 0.2) is 71.9 Å². The summed E-state index contributed by atoms with van der Waals surface area (Å²) in [7, 11) is 1.57. The van der Waals surface area contributed by atoms with Crippen LogP contribution in [0.2, 0.25) is 0 Å².